The number of hydrogen-bond acceptors (Lipinski definition) is 2. The van der Waals surface area contributed by atoms with Gasteiger partial charge in [-0.3, -0.25) is 4.79 Å². The van der Waals surface area contributed by atoms with Gasteiger partial charge in [0.25, 0.3) is 0 Å². The maximum atomic E-state index is 13.6. The van der Waals surface area contributed by atoms with Gasteiger partial charge in [0.15, 0.2) is 23.2 Å². The maximum Gasteiger partial charge on any atom is 0.199 e. The number of Topliss-reactive ketones (excluding diaryl/α,β-unsaturated/α-hetero) is 1. The molecule has 0 aliphatic rings. The Kier molecular flexibility index (Phi) is 4.20. The van der Waals surface area contributed by atoms with Crippen LogP contribution >= 0.6 is 0 Å². The summed E-state index contributed by atoms with van der Waals surface area (Å²) in [5, 5.41) is 0. The van der Waals surface area contributed by atoms with Crippen LogP contribution in [0, 0.1) is 17.5 Å². The van der Waals surface area contributed by atoms with Gasteiger partial charge >= 0.3 is 0 Å². The van der Waals surface area contributed by atoms with Crippen LogP contribution in [0.15, 0.2) is 42.5 Å². The fraction of sp³-hybridized carbons (Fsp3) is 0.133. The molecule has 0 N–H and O–H groups in total. The summed E-state index contributed by atoms with van der Waals surface area (Å²) >= 11 is 0. The minimum atomic E-state index is -1.67. The number of ether oxygens (including phenoxy) is 1. The fourth-order valence-corrected chi connectivity index (χ4v) is 1.88. The smallest absolute Gasteiger partial charge is 0.199 e. The summed E-state index contributed by atoms with van der Waals surface area (Å²) in [5.74, 6) is -5.28. The molecule has 0 amide bonds. The average molecular weight is 280 g/mol. The lowest BCUT2D eigenvalue weighted by atomic mass is 9.99. The first kappa shape index (κ1) is 14.3. The van der Waals surface area contributed by atoms with Crippen molar-refractivity contribution in [3.63, 3.8) is 0 Å². The Labute approximate surface area is 113 Å². The van der Waals surface area contributed by atoms with Gasteiger partial charge in [-0.2, -0.15) is 0 Å². The minimum Gasteiger partial charge on any atom is -0.369 e. The highest BCUT2D eigenvalue weighted by molar-refractivity contribution is 6.00. The second-order valence-electron chi connectivity index (χ2n) is 4.11. The Morgan fingerprint density at radius 2 is 1.65 bits per heavy atom. The molecule has 0 saturated carbocycles. The second kappa shape index (κ2) is 5.88. The molecule has 0 aliphatic carbocycles. The predicted octanol–water partition coefficient (Wildman–Crippen LogP) is 3.67. The number of halogens is 3. The molecule has 0 saturated heterocycles. The van der Waals surface area contributed by atoms with Crippen LogP contribution in [-0.4, -0.2) is 12.9 Å². The van der Waals surface area contributed by atoms with Gasteiger partial charge in [0.2, 0.25) is 0 Å². The first-order chi connectivity index (χ1) is 9.56. The minimum absolute atomic E-state index is 0.504. The highest BCUT2D eigenvalue weighted by atomic mass is 19.2. The van der Waals surface area contributed by atoms with Crippen molar-refractivity contribution < 1.29 is 22.7 Å². The zero-order valence-corrected chi connectivity index (χ0v) is 10.6. The Morgan fingerprint density at radius 3 is 2.25 bits per heavy atom. The van der Waals surface area contributed by atoms with Crippen LogP contribution in [-0.2, 0) is 4.74 Å². The highest BCUT2D eigenvalue weighted by Crippen LogP contribution is 2.24. The van der Waals surface area contributed by atoms with E-state index < -0.39 is 34.9 Å². The van der Waals surface area contributed by atoms with Gasteiger partial charge in [-0.05, 0) is 17.7 Å². The van der Waals surface area contributed by atoms with Gasteiger partial charge in [-0.15, -0.1) is 0 Å². The maximum absolute atomic E-state index is 13.6. The Balaban J connectivity index is 2.42. The predicted molar refractivity (Wildman–Crippen MR) is 66.8 cm³/mol. The third-order valence-electron chi connectivity index (χ3n) is 2.88. The molecule has 0 aromatic heterocycles. The van der Waals surface area contributed by atoms with Gasteiger partial charge in [0, 0.05) is 7.11 Å². The molecule has 2 aromatic carbocycles. The van der Waals surface area contributed by atoms with E-state index in [2.05, 4.69) is 0 Å². The SMILES string of the molecule is COC(C(=O)c1ccc(F)c(F)c1F)c1ccccc1. The van der Waals surface area contributed by atoms with Crippen molar-refractivity contribution in [1.82, 2.24) is 0 Å². The Bertz CT molecular complexity index is 627. The van der Waals surface area contributed by atoms with Crippen LogP contribution in [0.3, 0.4) is 0 Å². The molecule has 1 unspecified atom stereocenters. The van der Waals surface area contributed by atoms with E-state index in [4.69, 9.17) is 4.74 Å². The fourth-order valence-electron chi connectivity index (χ4n) is 1.88. The molecule has 0 radical (unpaired) electrons. The molecular formula is C15H11F3O2. The normalized spacial score (nSPS) is 12.2. The van der Waals surface area contributed by atoms with Gasteiger partial charge in [-0.25, -0.2) is 13.2 Å². The van der Waals surface area contributed by atoms with E-state index in [1.165, 1.54) is 7.11 Å². The number of carbonyl (C=O) groups is 1. The van der Waals surface area contributed by atoms with Crippen LogP contribution < -0.4 is 0 Å². The summed E-state index contributed by atoms with van der Waals surface area (Å²) in [4.78, 5) is 12.2. The molecule has 5 heteroatoms. The van der Waals surface area contributed by atoms with Gasteiger partial charge in [0.1, 0.15) is 6.10 Å². The molecule has 20 heavy (non-hydrogen) atoms. The summed E-state index contributed by atoms with van der Waals surface area (Å²) < 4.78 is 44.7. The van der Waals surface area contributed by atoms with Crippen LogP contribution in [0.5, 0.6) is 0 Å². The average Bonchev–Trinajstić information content (AvgIpc) is 2.47. The van der Waals surface area contributed by atoms with E-state index >= 15 is 0 Å². The standard InChI is InChI=1S/C15H11F3O2/c1-20-15(9-5-3-2-4-6-9)14(19)10-7-8-11(16)13(18)12(10)17/h2-8,15H,1H3. The van der Waals surface area contributed by atoms with Crippen molar-refractivity contribution in [1.29, 1.82) is 0 Å². The summed E-state index contributed by atoms with van der Waals surface area (Å²) in [6.07, 6.45) is -1.07. The topological polar surface area (TPSA) is 26.3 Å². The molecule has 0 heterocycles. The first-order valence-electron chi connectivity index (χ1n) is 5.81. The van der Waals surface area contributed by atoms with E-state index in [0.29, 0.717) is 11.6 Å². The molecule has 0 bridgehead atoms. The van der Waals surface area contributed by atoms with Gasteiger partial charge in [0.05, 0.1) is 5.56 Å². The second-order valence-corrected chi connectivity index (χ2v) is 4.11. The van der Waals surface area contributed by atoms with E-state index in [1.807, 2.05) is 0 Å². The summed E-state index contributed by atoms with van der Waals surface area (Å²) in [6.45, 7) is 0. The molecule has 2 rings (SSSR count). The lowest BCUT2D eigenvalue weighted by Crippen LogP contribution is -2.17. The van der Waals surface area contributed by atoms with Crippen LogP contribution in [0.4, 0.5) is 13.2 Å². The van der Waals surface area contributed by atoms with Crippen molar-refractivity contribution in [3.05, 3.63) is 71.0 Å². The molecule has 2 aromatic rings. The quantitative estimate of drug-likeness (QED) is 0.631. The number of carbonyl (C=O) groups excluding carboxylic acids is 1. The monoisotopic (exact) mass is 280 g/mol. The highest BCUT2D eigenvalue weighted by Gasteiger charge is 2.26. The van der Waals surface area contributed by atoms with Crippen molar-refractivity contribution in [2.24, 2.45) is 0 Å². The first-order valence-corrected chi connectivity index (χ1v) is 5.81. The van der Waals surface area contributed by atoms with E-state index in [0.717, 1.165) is 6.07 Å². The molecule has 0 spiro atoms. The van der Waals surface area contributed by atoms with Crippen LogP contribution in [0.1, 0.15) is 22.0 Å². The van der Waals surface area contributed by atoms with E-state index in [1.54, 1.807) is 30.3 Å². The molecule has 0 aliphatic heterocycles. The molecule has 1 atom stereocenters. The van der Waals surface area contributed by atoms with Crippen molar-refractivity contribution in [3.8, 4) is 0 Å². The third-order valence-corrected chi connectivity index (χ3v) is 2.88. The zero-order chi connectivity index (χ0) is 14.7. The van der Waals surface area contributed by atoms with Crippen LogP contribution in [0.2, 0.25) is 0 Å². The van der Waals surface area contributed by atoms with Crippen molar-refractivity contribution in [2.45, 2.75) is 6.10 Å². The van der Waals surface area contributed by atoms with Crippen molar-refractivity contribution >= 4 is 5.78 Å². The summed E-state index contributed by atoms with van der Waals surface area (Å²) in [5.41, 5.74) is -0.0382. The zero-order valence-electron chi connectivity index (χ0n) is 10.6. The molecular weight excluding hydrogens is 269 g/mol. The van der Waals surface area contributed by atoms with Crippen molar-refractivity contribution in [2.75, 3.05) is 7.11 Å². The number of ketones is 1. The lowest BCUT2D eigenvalue weighted by Gasteiger charge is -2.15. The molecule has 0 fully saturated rings. The van der Waals surface area contributed by atoms with Gasteiger partial charge < -0.3 is 4.74 Å². The summed E-state index contributed by atoms with van der Waals surface area (Å²) in [6, 6.07) is 10.0. The number of hydrogen-bond donors (Lipinski definition) is 0. The number of benzene rings is 2. The third kappa shape index (κ3) is 2.58. The Morgan fingerprint density at radius 1 is 1.00 bits per heavy atom. The van der Waals surface area contributed by atoms with E-state index in [9.17, 15) is 18.0 Å². The molecule has 104 valence electrons. The molecule has 2 nitrogen and oxygen atoms in total. The number of rotatable bonds is 4. The van der Waals surface area contributed by atoms with Gasteiger partial charge in [-0.1, -0.05) is 30.3 Å². The number of methoxy groups -OCH3 is 1. The van der Waals surface area contributed by atoms with E-state index in [-0.39, 0.29) is 0 Å². The Hall–Kier alpha value is -2.14. The summed E-state index contributed by atoms with van der Waals surface area (Å²) in [7, 11) is 1.29. The largest absolute Gasteiger partial charge is 0.369 e. The lowest BCUT2D eigenvalue weighted by molar-refractivity contribution is 0.0599. The van der Waals surface area contributed by atoms with Crippen LogP contribution in [0.25, 0.3) is 0 Å².